The lowest BCUT2D eigenvalue weighted by molar-refractivity contribution is 0.481. The first-order chi connectivity index (χ1) is 10.8. The van der Waals surface area contributed by atoms with Gasteiger partial charge >= 0.3 is 0 Å². The van der Waals surface area contributed by atoms with E-state index in [-0.39, 0.29) is 0 Å². The molecule has 0 bridgehead atoms. The normalized spacial score (nSPS) is 12.5. The largest absolute Gasteiger partial charge is 0.507 e. The Morgan fingerprint density at radius 1 is 0.636 bits per heavy atom. The number of hydrogen-bond acceptors (Lipinski definition) is 1. The summed E-state index contributed by atoms with van der Waals surface area (Å²) < 4.78 is 0. The number of benzene rings is 4. The van der Waals surface area contributed by atoms with E-state index in [2.05, 4.69) is 54.6 Å². The fourth-order valence-electron chi connectivity index (χ4n) is 3.83. The Hall–Kier alpha value is -2.80. The summed E-state index contributed by atoms with van der Waals surface area (Å²) in [5.41, 5.74) is 5.19. The predicted octanol–water partition coefficient (Wildman–Crippen LogP) is 5.27. The molecule has 0 fully saturated rings. The second kappa shape index (κ2) is 4.11. The van der Waals surface area contributed by atoms with Crippen LogP contribution in [0.25, 0.3) is 32.7 Å². The Bertz CT molecular complexity index is 1060. The van der Waals surface area contributed by atoms with Crippen molar-refractivity contribution >= 4 is 21.5 Å². The van der Waals surface area contributed by atoms with Crippen molar-refractivity contribution in [3.63, 3.8) is 0 Å². The van der Waals surface area contributed by atoms with Crippen LogP contribution >= 0.6 is 0 Å². The molecule has 0 amide bonds. The maximum atomic E-state index is 10.3. The molecule has 1 N–H and O–H groups in total. The van der Waals surface area contributed by atoms with Gasteiger partial charge in [0.05, 0.1) is 0 Å². The minimum Gasteiger partial charge on any atom is -0.507 e. The van der Waals surface area contributed by atoms with Crippen molar-refractivity contribution in [1.29, 1.82) is 0 Å². The number of hydrogen-bond donors (Lipinski definition) is 1. The molecule has 0 heterocycles. The average Bonchev–Trinajstić information content (AvgIpc) is 2.94. The summed E-state index contributed by atoms with van der Waals surface area (Å²) in [7, 11) is 0. The zero-order valence-corrected chi connectivity index (χ0v) is 12.0. The molecule has 1 aliphatic rings. The van der Waals surface area contributed by atoms with Crippen LogP contribution in [0.5, 0.6) is 5.75 Å². The van der Waals surface area contributed by atoms with Crippen molar-refractivity contribution < 1.29 is 5.11 Å². The molecular formula is C21H14O. The third-order valence-corrected chi connectivity index (χ3v) is 4.82. The van der Waals surface area contributed by atoms with Crippen molar-refractivity contribution in [3.8, 4) is 16.9 Å². The monoisotopic (exact) mass is 282 g/mol. The lowest BCUT2D eigenvalue weighted by Crippen LogP contribution is -1.85. The SMILES string of the molecule is Oc1cccc2ccc3c(c12)Cc1c-3ccc2ccccc12. The van der Waals surface area contributed by atoms with Crippen molar-refractivity contribution in [3.05, 3.63) is 77.9 Å². The maximum absolute atomic E-state index is 10.3. The van der Waals surface area contributed by atoms with Crippen molar-refractivity contribution in [2.45, 2.75) is 6.42 Å². The summed E-state index contributed by atoms with van der Waals surface area (Å²) in [5, 5.41) is 15.0. The second-order valence-corrected chi connectivity index (χ2v) is 5.96. The lowest BCUT2D eigenvalue weighted by Gasteiger charge is -2.07. The van der Waals surface area contributed by atoms with Gasteiger partial charge in [-0.1, -0.05) is 60.7 Å². The van der Waals surface area contributed by atoms with E-state index in [0.29, 0.717) is 5.75 Å². The molecule has 1 aliphatic carbocycles. The van der Waals surface area contributed by atoms with Gasteiger partial charge in [0.15, 0.2) is 0 Å². The van der Waals surface area contributed by atoms with E-state index in [1.165, 1.54) is 33.0 Å². The molecule has 0 saturated heterocycles. The molecule has 104 valence electrons. The molecule has 1 nitrogen and oxygen atoms in total. The molecule has 0 unspecified atom stereocenters. The van der Waals surface area contributed by atoms with Gasteiger partial charge in [0.25, 0.3) is 0 Å². The first-order valence-electron chi connectivity index (χ1n) is 7.57. The first kappa shape index (κ1) is 11.8. The van der Waals surface area contributed by atoms with Crippen LogP contribution in [0.1, 0.15) is 11.1 Å². The van der Waals surface area contributed by atoms with Crippen molar-refractivity contribution in [2.24, 2.45) is 0 Å². The Morgan fingerprint density at radius 3 is 2.27 bits per heavy atom. The molecule has 1 heteroatoms. The van der Waals surface area contributed by atoms with E-state index in [1.54, 1.807) is 6.07 Å². The smallest absolute Gasteiger partial charge is 0.123 e. The summed E-state index contributed by atoms with van der Waals surface area (Å²) in [6, 6.07) is 23.0. The Balaban J connectivity index is 1.90. The van der Waals surface area contributed by atoms with E-state index in [1.807, 2.05) is 6.07 Å². The predicted molar refractivity (Wildman–Crippen MR) is 91.4 cm³/mol. The molecular weight excluding hydrogens is 268 g/mol. The van der Waals surface area contributed by atoms with Gasteiger partial charge in [-0.3, -0.25) is 0 Å². The van der Waals surface area contributed by atoms with Gasteiger partial charge in [-0.25, -0.2) is 0 Å². The first-order valence-corrected chi connectivity index (χ1v) is 7.57. The molecule has 0 radical (unpaired) electrons. The van der Waals surface area contributed by atoms with Crippen LogP contribution in [0.15, 0.2) is 66.7 Å². The van der Waals surface area contributed by atoms with E-state index in [0.717, 1.165) is 17.2 Å². The fourth-order valence-corrected chi connectivity index (χ4v) is 3.83. The minimum absolute atomic E-state index is 0.381. The van der Waals surface area contributed by atoms with Gasteiger partial charge in [-0.15, -0.1) is 0 Å². The molecule has 0 atom stereocenters. The van der Waals surface area contributed by atoms with Gasteiger partial charge in [0, 0.05) is 11.8 Å². The molecule has 5 rings (SSSR count). The quantitative estimate of drug-likeness (QED) is 0.410. The van der Waals surface area contributed by atoms with Crippen LogP contribution in [0.4, 0.5) is 0 Å². The highest BCUT2D eigenvalue weighted by atomic mass is 16.3. The molecule has 22 heavy (non-hydrogen) atoms. The maximum Gasteiger partial charge on any atom is 0.123 e. The fraction of sp³-hybridized carbons (Fsp3) is 0.0476. The Labute approximate surface area is 128 Å². The summed E-state index contributed by atoms with van der Waals surface area (Å²) in [4.78, 5) is 0. The highest BCUT2D eigenvalue weighted by Gasteiger charge is 2.23. The van der Waals surface area contributed by atoms with E-state index < -0.39 is 0 Å². The van der Waals surface area contributed by atoms with Crippen LogP contribution in [-0.4, -0.2) is 5.11 Å². The van der Waals surface area contributed by atoms with E-state index in [9.17, 15) is 5.11 Å². The lowest BCUT2D eigenvalue weighted by atomic mass is 9.98. The second-order valence-electron chi connectivity index (χ2n) is 5.96. The number of rotatable bonds is 0. The standard InChI is InChI=1S/C21H14O/c22-20-7-3-5-14-9-11-17-16-10-8-13-4-1-2-6-15(13)18(16)12-19(17)21(14)20/h1-11,22H,12H2. The number of fused-ring (bicyclic) bond motifs is 7. The molecule has 0 aliphatic heterocycles. The van der Waals surface area contributed by atoms with Crippen LogP contribution < -0.4 is 0 Å². The average molecular weight is 282 g/mol. The molecule has 0 saturated carbocycles. The minimum atomic E-state index is 0.381. The molecule has 4 aromatic rings. The summed E-state index contributed by atoms with van der Waals surface area (Å²) in [6.45, 7) is 0. The van der Waals surface area contributed by atoms with E-state index in [4.69, 9.17) is 0 Å². The highest BCUT2D eigenvalue weighted by molar-refractivity contribution is 6.02. The van der Waals surface area contributed by atoms with Crippen molar-refractivity contribution in [2.75, 3.05) is 0 Å². The molecule has 0 spiro atoms. The number of phenols is 1. The third-order valence-electron chi connectivity index (χ3n) is 4.82. The van der Waals surface area contributed by atoms with Crippen LogP contribution in [0.2, 0.25) is 0 Å². The zero-order valence-electron chi connectivity index (χ0n) is 12.0. The van der Waals surface area contributed by atoms with Gasteiger partial charge in [0.2, 0.25) is 0 Å². The van der Waals surface area contributed by atoms with Gasteiger partial charge in [-0.2, -0.15) is 0 Å². The summed E-state index contributed by atoms with van der Waals surface area (Å²) in [5.74, 6) is 0.381. The van der Waals surface area contributed by atoms with Crippen molar-refractivity contribution in [1.82, 2.24) is 0 Å². The third kappa shape index (κ3) is 1.43. The Morgan fingerprint density at radius 2 is 1.36 bits per heavy atom. The highest BCUT2D eigenvalue weighted by Crippen LogP contribution is 2.45. The number of aromatic hydroxyl groups is 1. The van der Waals surface area contributed by atoms with Gasteiger partial charge in [0.1, 0.15) is 5.75 Å². The molecule has 4 aromatic carbocycles. The van der Waals surface area contributed by atoms with Gasteiger partial charge < -0.3 is 5.11 Å². The van der Waals surface area contributed by atoms with Crippen LogP contribution in [-0.2, 0) is 6.42 Å². The topological polar surface area (TPSA) is 20.2 Å². The summed E-state index contributed by atoms with van der Waals surface area (Å²) >= 11 is 0. The van der Waals surface area contributed by atoms with Crippen LogP contribution in [0.3, 0.4) is 0 Å². The zero-order chi connectivity index (χ0) is 14.7. The molecule has 0 aromatic heterocycles. The Kier molecular flexibility index (Phi) is 2.21. The number of phenolic OH excluding ortho intramolecular Hbond substituents is 1. The van der Waals surface area contributed by atoms with Gasteiger partial charge in [-0.05, 0) is 44.5 Å². The van der Waals surface area contributed by atoms with E-state index >= 15 is 0 Å². The van der Waals surface area contributed by atoms with Crippen LogP contribution in [0, 0.1) is 0 Å². The summed E-state index contributed by atoms with van der Waals surface area (Å²) in [6.07, 6.45) is 0.890.